The van der Waals surface area contributed by atoms with Crippen molar-refractivity contribution < 1.29 is 17.5 Å². The van der Waals surface area contributed by atoms with Crippen LogP contribution < -0.4 is 9.47 Å². The smallest absolute Gasteiger partial charge is 0.294 e. The van der Waals surface area contributed by atoms with Gasteiger partial charge in [-0.05, 0) is 49.7 Å². The predicted molar refractivity (Wildman–Crippen MR) is 148 cm³/mol. The standard InChI is InChI=1S/C21H23N2S.C7H8O3S/c1-4-23-19-10-6-7-11-20(19)24-21(23)12-8-5-9-17-13-15-18(16-14-17)22(2)3;1-6-2-4-7(5-3-6)11(8,9)10/h5-16H,4H2,1-3H3;2-5H,1H3,(H,8,9,10)/q+1;. The lowest BCUT2D eigenvalue weighted by Gasteiger charge is -2.11. The first kappa shape index (κ1) is 26.3. The van der Waals surface area contributed by atoms with Crippen molar-refractivity contribution in [2.24, 2.45) is 0 Å². The van der Waals surface area contributed by atoms with Crippen LogP contribution in [-0.2, 0) is 16.7 Å². The quantitative estimate of drug-likeness (QED) is 0.191. The number of hydrogen-bond donors (Lipinski definition) is 1. The number of hydrogen-bond acceptors (Lipinski definition) is 4. The van der Waals surface area contributed by atoms with Crippen molar-refractivity contribution in [2.45, 2.75) is 25.3 Å². The zero-order valence-corrected chi connectivity index (χ0v) is 22.1. The van der Waals surface area contributed by atoms with Crippen LogP contribution in [0.15, 0.2) is 89.8 Å². The number of para-hydroxylation sites is 1. The van der Waals surface area contributed by atoms with Crippen LogP contribution in [0.5, 0.6) is 0 Å². The maximum absolute atomic E-state index is 10.5. The first-order chi connectivity index (χ1) is 16.7. The second kappa shape index (κ2) is 11.9. The third-order valence-corrected chi connectivity index (χ3v) is 7.32. The zero-order valence-electron chi connectivity index (χ0n) is 20.4. The van der Waals surface area contributed by atoms with E-state index in [1.165, 1.54) is 38.6 Å². The van der Waals surface area contributed by atoms with Crippen LogP contribution in [0.1, 0.15) is 23.1 Å². The number of aryl methyl sites for hydroxylation is 2. The molecule has 0 atom stereocenters. The highest BCUT2D eigenvalue weighted by Crippen LogP contribution is 2.21. The molecule has 0 aliphatic carbocycles. The van der Waals surface area contributed by atoms with Gasteiger partial charge in [-0.15, -0.1) is 0 Å². The Kier molecular flexibility index (Phi) is 8.98. The van der Waals surface area contributed by atoms with Gasteiger partial charge in [0, 0.05) is 31.9 Å². The molecule has 4 aromatic rings. The fourth-order valence-corrected chi connectivity index (χ4v) is 5.02. The molecule has 0 saturated carbocycles. The average molecular weight is 508 g/mol. The highest BCUT2D eigenvalue weighted by Gasteiger charge is 2.15. The minimum Gasteiger partial charge on any atom is -0.378 e. The van der Waals surface area contributed by atoms with E-state index in [-0.39, 0.29) is 4.90 Å². The first-order valence-corrected chi connectivity index (χ1v) is 13.5. The van der Waals surface area contributed by atoms with Crippen LogP contribution in [0.2, 0.25) is 0 Å². The van der Waals surface area contributed by atoms with Crippen LogP contribution >= 0.6 is 11.3 Å². The Hall–Kier alpha value is -3.26. The Labute approximate surface area is 212 Å². The molecule has 0 radical (unpaired) electrons. The van der Waals surface area contributed by atoms with E-state index < -0.39 is 10.1 Å². The summed E-state index contributed by atoms with van der Waals surface area (Å²) in [6.45, 7) is 5.02. The third kappa shape index (κ3) is 7.36. The van der Waals surface area contributed by atoms with Crippen molar-refractivity contribution in [1.82, 2.24) is 0 Å². The molecule has 0 unspecified atom stereocenters. The summed E-state index contributed by atoms with van der Waals surface area (Å²) in [6.07, 6.45) is 8.56. The summed E-state index contributed by atoms with van der Waals surface area (Å²) in [5.74, 6) is 0. The lowest BCUT2D eigenvalue weighted by molar-refractivity contribution is -0.665. The molecule has 35 heavy (non-hydrogen) atoms. The van der Waals surface area contributed by atoms with Crippen molar-refractivity contribution in [3.8, 4) is 0 Å². The van der Waals surface area contributed by atoms with Crippen LogP contribution in [0, 0.1) is 6.92 Å². The van der Waals surface area contributed by atoms with Gasteiger partial charge in [0.05, 0.1) is 4.90 Å². The van der Waals surface area contributed by atoms with E-state index in [0.29, 0.717) is 0 Å². The fraction of sp³-hybridized carbons (Fsp3) is 0.179. The molecule has 4 rings (SSSR count). The number of allylic oxidation sites excluding steroid dienone is 2. The fourth-order valence-electron chi connectivity index (χ4n) is 3.40. The predicted octanol–water partition coefficient (Wildman–Crippen LogP) is 6.24. The van der Waals surface area contributed by atoms with Gasteiger partial charge in [0.15, 0.2) is 0 Å². The molecular weight excluding hydrogens is 476 g/mol. The van der Waals surface area contributed by atoms with Crippen LogP contribution in [-0.4, -0.2) is 27.1 Å². The number of thiazole rings is 1. The van der Waals surface area contributed by atoms with Gasteiger partial charge in [-0.3, -0.25) is 4.55 Å². The van der Waals surface area contributed by atoms with E-state index in [4.69, 9.17) is 4.55 Å². The summed E-state index contributed by atoms with van der Waals surface area (Å²) in [5, 5.41) is 1.28. The molecule has 0 saturated heterocycles. The molecule has 7 heteroatoms. The van der Waals surface area contributed by atoms with Gasteiger partial charge in [-0.1, -0.05) is 71.5 Å². The molecule has 1 N–H and O–H groups in total. The largest absolute Gasteiger partial charge is 0.378 e. The summed E-state index contributed by atoms with van der Waals surface area (Å²) < 4.78 is 33.2. The molecule has 5 nitrogen and oxygen atoms in total. The van der Waals surface area contributed by atoms with Crippen LogP contribution in [0.4, 0.5) is 5.69 Å². The monoisotopic (exact) mass is 507 g/mol. The van der Waals surface area contributed by atoms with Gasteiger partial charge in [0.2, 0.25) is 5.52 Å². The minimum absolute atomic E-state index is 0.0666. The Balaban J connectivity index is 0.000000261. The number of benzene rings is 3. The zero-order chi connectivity index (χ0) is 25.4. The first-order valence-electron chi connectivity index (χ1n) is 11.3. The Morgan fingerprint density at radius 1 is 0.914 bits per heavy atom. The number of fused-ring (bicyclic) bond motifs is 1. The molecule has 0 aliphatic heterocycles. The summed E-state index contributed by atoms with van der Waals surface area (Å²) in [4.78, 5) is 2.04. The Morgan fingerprint density at radius 2 is 1.54 bits per heavy atom. The van der Waals surface area contributed by atoms with Crippen LogP contribution in [0.25, 0.3) is 22.4 Å². The number of anilines is 1. The van der Waals surface area contributed by atoms with E-state index in [9.17, 15) is 8.42 Å². The highest BCUT2D eigenvalue weighted by atomic mass is 32.2. The molecule has 3 aromatic carbocycles. The molecule has 0 aliphatic rings. The molecule has 0 bridgehead atoms. The van der Waals surface area contributed by atoms with Crippen molar-refractivity contribution in [3.05, 3.63) is 101 Å². The summed E-state index contributed by atoms with van der Waals surface area (Å²) in [5.41, 5.74) is 4.70. The van der Waals surface area contributed by atoms with E-state index in [1.807, 2.05) is 18.3 Å². The Morgan fingerprint density at radius 3 is 2.14 bits per heavy atom. The summed E-state index contributed by atoms with van der Waals surface area (Å²) in [7, 11) is 0.0946. The molecular formula is C28H31N2O3S2+. The van der Waals surface area contributed by atoms with E-state index in [0.717, 1.165) is 12.1 Å². The SMILES string of the molecule is CC[n+]1c(/C=C/C=C/c2ccc(N(C)C)cc2)sc2ccccc21.Cc1ccc(S(=O)(=O)O)cc1. The van der Waals surface area contributed by atoms with Crippen LogP contribution in [0.3, 0.4) is 0 Å². The molecule has 1 heterocycles. The molecule has 0 fully saturated rings. The third-order valence-electron chi connectivity index (χ3n) is 5.32. The van der Waals surface area contributed by atoms with E-state index >= 15 is 0 Å². The second-order valence-electron chi connectivity index (χ2n) is 8.14. The van der Waals surface area contributed by atoms with E-state index in [1.54, 1.807) is 12.1 Å². The average Bonchev–Trinajstić information content (AvgIpc) is 3.19. The van der Waals surface area contributed by atoms with Gasteiger partial charge >= 0.3 is 0 Å². The Bertz CT molecular complexity index is 1420. The lowest BCUT2D eigenvalue weighted by Crippen LogP contribution is -2.33. The molecule has 182 valence electrons. The van der Waals surface area contributed by atoms with Gasteiger partial charge in [0.25, 0.3) is 15.1 Å². The highest BCUT2D eigenvalue weighted by molar-refractivity contribution is 7.85. The topological polar surface area (TPSA) is 61.5 Å². The normalized spacial score (nSPS) is 11.7. The minimum atomic E-state index is -4.02. The van der Waals surface area contributed by atoms with E-state index in [2.05, 4.69) is 103 Å². The van der Waals surface area contributed by atoms with Crippen molar-refractivity contribution in [3.63, 3.8) is 0 Å². The van der Waals surface area contributed by atoms with Crippen molar-refractivity contribution in [2.75, 3.05) is 19.0 Å². The maximum atomic E-state index is 10.5. The number of aromatic nitrogens is 1. The lowest BCUT2D eigenvalue weighted by atomic mass is 10.2. The molecule has 0 spiro atoms. The van der Waals surface area contributed by atoms with Crippen molar-refractivity contribution in [1.29, 1.82) is 0 Å². The van der Waals surface area contributed by atoms with Gasteiger partial charge in [-0.25, -0.2) is 0 Å². The summed E-state index contributed by atoms with van der Waals surface area (Å²) >= 11 is 1.84. The number of nitrogens with zero attached hydrogens (tertiary/aromatic N) is 2. The van der Waals surface area contributed by atoms with Gasteiger partial charge in [-0.2, -0.15) is 13.0 Å². The van der Waals surface area contributed by atoms with Gasteiger partial charge < -0.3 is 4.90 Å². The maximum Gasteiger partial charge on any atom is 0.294 e. The summed E-state index contributed by atoms with van der Waals surface area (Å²) in [6, 6.07) is 23.1. The van der Waals surface area contributed by atoms with Crippen molar-refractivity contribution >= 4 is 49.5 Å². The molecule has 1 aromatic heterocycles. The molecule has 0 amide bonds. The second-order valence-corrected chi connectivity index (χ2v) is 10.6. The van der Waals surface area contributed by atoms with Gasteiger partial charge in [0.1, 0.15) is 11.2 Å². The number of rotatable bonds is 6.